The number of hydrogen-bond acceptors (Lipinski definition) is 2. The quantitative estimate of drug-likeness (QED) is 0.781. The number of nitrogens with one attached hydrogen (secondary N) is 1. The molecule has 1 saturated heterocycles. The Morgan fingerprint density at radius 2 is 2.33 bits per heavy atom. The molecular weight excluding hydrogens is 210 g/mol. The summed E-state index contributed by atoms with van der Waals surface area (Å²) in [6.45, 7) is 1.82. The third-order valence-electron chi connectivity index (χ3n) is 2.78. The Kier molecular flexibility index (Phi) is 3.39. The van der Waals surface area contributed by atoms with Gasteiger partial charge in [-0.3, -0.25) is 4.79 Å². The van der Waals surface area contributed by atoms with Gasteiger partial charge in [-0.2, -0.15) is 0 Å². The fourth-order valence-electron chi connectivity index (χ4n) is 1.95. The maximum absolute atomic E-state index is 12.1. The third-order valence-corrected chi connectivity index (χ3v) is 3.01. The van der Waals surface area contributed by atoms with E-state index in [2.05, 4.69) is 5.32 Å². The molecule has 0 aliphatic carbocycles. The van der Waals surface area contributed by atoms with Crippen molar-refractivity contribution < 1.29 is 4.79 Å². The number of ketones is 1. The first-order valence-corrected chi connectivity index (χ1v) is 5.65. The smallest absolute Gasteiger partial charge is 0.167 e. The number of hydrogen-bond donors (Lipinski definition) is 1. The van der Waals surface area contributed by atoms with E-state index in [1.165, 1.54) is 0 Å². The zero-order valence-electron chi connectivity index (χ0n) is 8.50. The van der Waals surface area contributed by atoms with Crippen LogP contribution in [0.1, 0.15) is 23.2 Å². The molecule has 2 rings (SSSR count). The van der Waals surface area contributed by atoms with Crippen LogP contribution in [0.4, 0.5) is 0 Å². The Morgan fingerprint density at radius 3 is 3.00 bits per heavy atom. The minimum absolute atomic E-state index is 0.122. The maximum atomic E-state index is 12.1. The molecule has 0 bridgehead atoms. The van der Waals surface area contributed by atoms with Crippen molar-refractivity contribution in [1.29, 1.82) is 0 Å². The highest BCUT2D eigenvalue weighted by Gasteiger charge is 2.21. The number of halogens is 1. The minimum atomic E-state index is 0.122. The van der Waals surface area contributed by atoms with Crippen LogP contribution in [0.25, 0.3) is 0 Å². The average Bonchev–Trinajstić information content (AvgIpc) is 2.29. The summed E-state index contributed by atoms with van der Waals surface area (Å²) < 4.78 is 0. The highest BCUT2D eigenvalue weighted by Crippen LogP contribution is 2.18. The largest absolute Gasteiger partial charge is 0.316 e. The van der Waals surface area contributed by atoms with Crippen LogP contribution in [-0.4, -0.2) is 18.9 Å². The zero-order chi connectivity index (χ0) is 10.7. The summed E-state index contributed by atoms with van der Waals surface area (Å²) in [5.74, 6) is 0.335. The van der Waals surface area contributed by atoms with Gasteiger partial charge < -0.3 is 5.32 Å². The fourth-order valence-corrected chi connectivity index (χ4v) is 2.14. The summed E-state index contributed by atoms with van der Waals surface area (Å²) in [7, 11) is 0. The van der Waals surface area contributed by atoms with E-state index >= 15 is 0 Å². The molecule has 0 spiro atoms. The first kappa shape index (κ1) is 10.7. The van der Waals surface area contributed by atoms with Crippen LogP contribution in [0.5, 0.6) is 0 Å². The average molecular weight is 224 g/mol. The van der Waals surface area contributed by atoms with Gasteiger partial charge in [0.1, 0.15) is 0 Å². The molecule has 80 valence electrons. The van der Waals surface area contributed by atoms with E-state index in [-0.39, 0.29) is 11.7 Å². The third kappa shape index (κ3) is 2.58. The van der Waals surface area contributed by atoms with Gasteiger partial charge in [0.25, 0.3) is 0 Å². The summed E-state index contributed by atoms with van der Waals surface area (Å²) in [6, 6.07) is 7.20. The normalized spacial score (nSPS) is 21.3. The molecule has 2 nitrogen and oxygen atoms in total. The highest BCUT2D eigenvalue weighted by molar-refractivity contribution is 6.31. The van der Waals surface area contributed by atoms with Crippen molar-refractivity contribution in [2.75, 3.05) is 13.1 Å². The molecule has 1 fully saturated rings. The maximum Gasteiger partial charge on any atom is 0.167 e. The molecule has 15 heavy (non-hydrogen) atoms. The Hall–Kier alpha value is -0.860. The summed E-state index contributed by atoms with van der Waals surface area (Å²) in [6.07, 6.45) is 2.06. The van der Waals surface area contributed by atoms with Gasteiger partial charge in [-0.15, -0.1) is 0 Å². The van der Waals surface area contributed by atoms with Crippen LogP contribution in [0.15, 0.2) is 24.3 Å². The molecule has 0 radical (unpaired) electrons. The first-order valence-electron chi connectivity index (χ1n) is 5.28. The molecule has 1 heterocycles. The van der Waals surface area contributed by atoms with Crippen LogP contribution in [0.3, 0.4) is 0 Å². The molecule has 1 aliphatic heterocycles. The van der Waals surface area contributed by atoms with Gasteiger partial charge in [-0.25, -0.2) is 0 Å². The Labute approximate surface area is 94.6 Å². The molecule has 1 aromatic carbocycles. The molecule has 0 aromatic heterocycles. The molecule has 0 amide bonds. The Balaban J connectivity index is 2.12. The molecule has 1 aromatic rings. The number of benzene rings is 1. The first-order chi connectivity index (χ1) is 7.27. The van der Waals surface area contributed by atoms with Gasteiger partial charge in [0.15, 0.2) is 5.78 Å². The number of rotatable bonds is 2. The van der Waals surface area contributed by atoms with Crippen LogP contribution in [0, 0.1) is 5.92 Å². The van der Waals surface area contributed by atoms with E-state index in [9.17, 15) is 4.79 Å². The lowest BCUT2D eigenvalue weighted by molar-refractivity contribution is 0.0899. The van der Waals surface area contributed by atoms with Crippen LogP contribution in [-0.2, 0) is 0 Å². The van der Waals surface area contributed by atoms with E-state index < -0.39 is 0 Å². The van der Waals surface area contributed by atoms with Gasteiger partial charge in [-0.05, 0) is 31.5 Å². The lowest BCUT2D eigenvalue weighted by atomic mass is 9.91. The number of piperidine rings is 1. The van der Waals surface area contributed by atoms with Crippen LogP contribution in [0.2, 0.25) is 5.02 Å². The van der Waals surface area contributed by atoms with Crippen molar-refractivity contribution in [3.8, 4) is 0 Å². The van der Waals surface area contributed by atoms with Crippen molar-refractivity contribution in [1.82, 2.24) is 5.32 Å². The van der Waals surface area contributed by atoms with E-state index in [0.717, 1.165) is 31.5 Å². The second kappa shape index (κ2) is 4.77. The van der Waals surface area contributed by atoms with Crippen molar-refractivity contribution in [3.63, 3.8) is 0 Å². The summed E-state index contributed by atoms with van der Waals surface area (Å²) in [5, 5.41) is 3.88. The summed E-state index contributed by atoms with van der Waals surface area (Å²) >= 11 is 5.86. The van der Waals surface area contributed by atoms with Crippen molar-refractivity contribution in [3.05, 3.63) is 34.9 Å². The van der Waals surface area contributed by atoms with E-state index in [4.69, 9.17) is 11.6 Å². The van der Waals surface area contributed by atoms with Crippen molar-refractivity contribution in [2.45, 2.75) is 12.8 Å². The summed E-state index contributed by atoms with van der Waals surface area (Å²) in [5.41, 5.74) is 0.733. The topological polar surface area (TPSA) is 29.1 Å². The van der Waals surface area contributed by atoms with Gasteiger partial charge in [0.2, 0.25) is 0 Å². The Bertz CT molecular complexity index is 358. The molecular formula is C12H14ClNO. The zero-order valence-corrected chi connectivity index (χ0v) is 9.26. The van der Waals surface area contributed by atoms with E-state index in [1.54, 1.807) is 12.1 Å². The summed E-state index contributed by atoms with van der Waals surface area (Å²) in [4.78, 5) is 12.1. The monoisotopic (exact) mass is 223 g/mol. The second-order valence-electron chi connectivity index (χ2n) is 3.92. The van der Waals surface area contributed by atoms with Crippen LogP contribution >= 0.6 is 11.6 Å². The predicted molar refractivity (Wildman–Crippen MR) is 61.4 cm³/mol. The molecule has 0 saturated carbocycles. The lowest BCUT2D eigenvalue weighted by Gasteiger charge is -2.21. The lowest BCUT2D eigenvalue weighted by Crippen LogP contribution is -2.34. The molecule has 3 heteroatoms. The molecule has 1 atom stereocenters. The Morgan fingerprint density at radius 1 is 1.47 bits per heavy atom. The predicted octanol–water partition coefficient (Wildman–Crippen LogP) is 2.52. The van der Waals surface area contributed by atoms with Gasteiger partial charge >= 0.3 is 0 Å². The second-order valence-corrected chi connectivity index (χ2v) is 4.35. The highest BCUT2D eigenvalue weighted by atomic mass is 35.5. The van der Waals surface area contributed by atoms with Crippen molar-refractivity contribution >= 4 is 17.4 Å². The van der Waals surface area contributed by atoms with Crippen molar-refractivity contribution in [2.24, 2.45) is 5.92 Å². The number of carbonyl (C=O) groups is 1. The minimum Gasteiger partial charge on any atom is -0.316 e. The standard InChI is InChI=1S/C12H14ClNO/c13-11-5-1-3-9(7-11)12(15)10-4-2-6-14-8-10/h1,3,5,7,10,14H,2,4,6,8H2/t10-/m1/s1. The number of carbonyl (C=O) groups excluding carboxylic acids is 1. The van der Waals surface area contributed by atoms with Crippen LogP contribution < -0.4 is 5.32 Å². The number of Topliss-reactive ketones (excluding diaryl/α,β-unsaturated/α-hetero) is 1. The molecule has 1 N–H and O–H groups in total. The molecule has 0 unspecified atom stereocenters. The van der Waals surface area contributed by atoms with E-state index in [0.29, 0.717) is 5.02 Å². The fraction of sp³-hybridized carbons (Fsp3) is 0.417. The molecule has 1 aliphatic rings. The van der Waals surface area contributed by atoms with Gasteiger partial charge in [0.05, 0.1) is 0 Å². The van der Waals surface area contributed by atoms with E-state index in [1.807, 2.05) is 12.1 Å². The van der Waals surface area contributed by atoms with Gasteiger partial charge in [-0.1, -0.05) is 23.7 Å². The SMILES string of the molecule is O=C(c1cccc(Cl)c1)[C@@H]1CCCNC1. The van der Waals surface area contributed by atoms with Gasteiger partial charge in [0, 0.05) is 23.0 Å².